The number of carbonyl (C=O) groups is 2. The first-order valence-corrected chi connectivity index (χ1v) is 5.14. The highest BCUT2D eigenvalue weighted by atomic mass is 16.5. The summed E-state index contributed by atoms with van der Waals surface area (Å²) in [6, 6.07) is 0. The molecule has 1 heterocycles. The van der Waals surface area contributed by atoms with E-state index in [0.717, 1.165) is 6.42 Å². The van der Waals surface area contributed by atoms with Crippen molar-refractivity contribution in [3.05, 3.63) is 0 Å². The highest BCUT2D eigenvalue weighted by Crippen LogP contribution is 2.17. The van der Waals surface area contributed by atoms with Crippen molar-refractivity contribution in [3.8, 4) is 0 Å². The van der Waals surface area contributed by atoms with Gasteiger partial charge in [0.15, 0.2) is 0 Å². The van der Waals surface area contributed by atoms with E-state index in [1.807, 2.05) is 0 Å². The third-order valence-electron chi connectivity index (χ3n) is 2.64. The van der Waals surface area contributed by atoms with Gasteiger partial charge in [-0.15, -0.1) is 0 Å². The first kappa shape index (κ1) is 12.0. The summed E-state index contributed by atoms with van der Waals surface area (Å²) in [5.74, 6) is -1.22. The Morgan fingerprint density at radius 1 is 1.53 bits per heavy atom. The van der Waals surface area contributed by atoms with Gasteiger partial charge in [0.2, 0.25) is 5.91 Å². The molecule has 1 aliphatic rings. The molecule has 0 unspecified atom stereocenters. The lowest BCUT2D eigenvalue weighted by Crippen LogP contribution is -2.42. The zero-order valence-corrected chi connectivity index (χ0v) is 8.94. The molecule has 0 aromatic heterocycles. The number of nitrogens with zero attached hydrogens (tertiary/aromatic N) is 1. The van der Waals surface area contributed by atoms with Gasteiger partial charge in [0, 0.05) is 20.2 Å². The van der Waals surface area contributed by atoms with Gasteiger partial charge in [-0.2, -0.15) is 0 Å². The highest BCUT2D eigenvalue weighted by Gasteiger charge is 2.27. The van der Waals surface area contributed by atoms with E-state index in [4.69, 9.17) is 9.84 Å². The molecule has 1 saturated heterocycles. The predicted octanol–water partition coefficient (Wildman–Crippen LogP) is 0.346. The van der Waals surface area contributed by atoms with Crippen molar-refractivity contribution in [1.29, 1.82) is 0 Å². The average molecular weight is 215 g/mol. The zero-order chi connectivity index (χ0) is 11.3. The van der Waals surface area contributed by atoms with Gasteiger partial charge >= 0.3 is 5.97 Å². The fourth-order valence-corrected chi connectivity index (χ4v) is 1.75. The Morgan fingerprint density at radius 2 is 2.27 bits per heavy atom. The molecule has 1 fully saturated rings. The lowest BCUT2D eigenvalue weighted by Gasteiger charge is -2.30. The molecule has 0 radical (unpaired) electrons. The van der Waals surface area contributed by atoms with Crippen LogP contribution in [0, 0.1) is 5.92 Å². The number of hydrogen-bond donors (Lipinski definition) is 1. The molecule has 0 bridgehead atoms. The first-order valence-electron chi connectivity index (χ1n) is 5.14. The molecule has 15 heavy (non-hydrogen) atoms. The lowest BCUT2D eigenvalue weighted by atomic mass is 9.98. The molecule has 0 spiro atoms. The molecule has 1 rings (SSSR count). The van der Waals surface area contributed by atoms with E-state index >= 15 is 0 Å². The van der Waals surface area contributed by atoms with Crippen LogP contribution >= 0.6 is 0 Å². The Morgan fingerprint density at radius 3 is 2.87 bits per heavy atom. The van der Waals surface area contributed by atoms with Crippen LogP contribution < -0.4 is 0 Å². The van der Waals surface area contributed by atoms with Gasteiger partial charge in [-0.25, -0.2) is 0 Å². The first-order chi connectivity index (χ1) is 7.15. The number of piperidine rings is 1. The number of carboxylic acid groups (broad SMARTS) is 1. The molecule has 0 saturated carbocycles. The summed E-state index contributed by atoms with van der Waals surface area (Å²) in [6.45, 7) is 1.41. The Bertz CT molecular complexity index is 242. The summed E-state index contributed by atoms with van der Waals surface area (Å²) < 4.78 is 4.81. The van der Waals surface area contributed by atoms with Crippen LogP contribution in [-0.2, 0) is 14.3 Å². The van der Waals surface area contributed by atoms with Crippen molar-refractivity contribution in [2.24, 2.45) is 5.92 Å². The Balaban J connectivity index is 2.41. The van der Waals surface area contributed by atoms with Gasteiger partial charge in [-0.05, 0) is 12.8 Å². The van der Waals surface area contributed by atoms with Crippen LogP contribution in [0.1, 0.15) is 19.3 Å². The minimum atomic E-state index is -0.806. The van der Waals surface area contributed by atoms with Crippen LogP contribution in [-0.4, -0.2) is 48.7 Å². The van der Waals surface area contributed by atoms with E-state index in [2.05, 4.69) is 0 Å². The Hall–Kier alpha value is -1.10. The van der Waals surface area contributed by atoms with Gasteiger partial charge in [-0.1, -0.05) is 0 Å². The van der Waals surface area contributed by atoms with Crippen LogP contribution in [0.15, 0.2) is 0 Å². The number of carbonyl (C=O) groups excluding carboxylic acids is 1. The van der Waals surface area contributed by atoms with Crippen LogP contribution in [0.3, 0.4) is 0 Å². The average Bonchev–Trinajstić information content (AvgIpc) is 2.26. The molecular weight excluding hydrogens is 198 g/mol. The number of hydrogen-bond acceptors (Lipinski definition) is 3. The summed E-state index contributed by atoms with van der Waals surface area (Å²) in [6.07, 6.45) is 1.78. The summed E-state index contributed by atoms with van der Waals surface area (Å²) >= 11 is 0. The van der Waals surface area contributed by atoms with Gasteiger partial charge < -0.3 is 14.7 Å². The molecule has 0 aromatic carbocycles. The molecule has 1 aliphatic heterocycles. The van der Waals surface area contributed by atoms with Crippen molar-refractivity contribution in [3.63, 3.8) is 0 Å². The lowest BCUT2D eigenvalue weighted by molar-refractivity contribution is -0.145. The van der Waals surface area contributed by atoms with E-state index in [0.29, 0.717) is 32.5 Å². The topological polar surface area (TPSA) is 66.8 Å². The highest BCUT2D eigenvalue weighted by molar-refractivity contribution is 5.78. The van der Waals surface area contributed by atoms with Crippen LogP contribution in [0.2, 0.25) is 0 Å². The smallest absolute Gasteiger partial charge is 0.308 e. The molecule has 86 valence electrons. The van der Waals surface area contributed by atoms with Gasteiger partial charge in [0.25, 0.3) is 0 Å². The van der Waals surface area contributed by atoms with Gasteiger partial charge in [-0.3, -0.25) is 9.59 Å². The standard InChI is InChI=1S/C10H17NO4/c1-15-6-4-9(12)11-5-2-3-8(7-11)10(13)14/h8H,2-7H2,1H3,(H,13,14)/t8-/m1/s1. The number of rotatable bonds is 4. The number of aliphatic carboxylic acids is 1. The van der Waals surface area contributed by atoms with Crippen molar-refractivity contribution < 1.29 is 19.4 Å². The van der Waals surface area contributed by atoms with Gasteiger partial charge in [0.1, 0.15) is 0 Å². The van der Waals surface area contributed by atoms with E-state index in [1.165, 1.54) is 0 Å². The van der Waals surface area contributed by atoms with Crippen molar-refractivity contribution in [2.45, 2.75) is 19.3 Å². The Kier molecular flexibility index (Phi) is 4.55. The second kappa shape index (κ2) is 5.70. The number of methoxy groups -OCH3 is 1. The van der Waals surface area contributed by atoms with E-state index in [-0.39, 0.29) is 5.91 Å². The van der Waals surface area contributed by atoms with E-state index in [1.54, 1.807) is 12.0 Å². The maximum absolute atomic E-state index is 11.6. The third kappa shape index (κ3) is 3.51. The molecule has 1 amide bonds. The van der Waals surface area contributed by atoms with Gasteiger partial charge in [0.05, 0.1) is 18.9 Å². The van der Waals surface area contributed by atoms with E-state index < -0.39 is 11.9 Å². The van der Waals surface area contributed by atoms with Crippen molar-refractivity contribution in [2.75, 3.05) is 26.8 Å². The molecular formula is C10H17NO4. The molecule has 0 aromatic rings. The van der Waals surface area contributed by atoms with Crippen molar-refractivity contribution in [1.82, 2.24) is 4.90 Å². The molecule has 5 nitrogen and oxygen atoms in total. The zero-order valence-electron chi connectivity index (χ0n) is 8.94. The second-order valence-electron chi connectivity index (χ2n) is 3.76. The van der Waals surface area contributed by atoms with Crippen LogP contribution in [0.4, 0.5) is 0 Å². The number of amides is 1. The van der Waals surface area contributed by atoms with Crippen molar-refractivity contribution >= 4 is 11.9 Å². The minimum Gasteiger partial charge on any atom is -0.481 e. The molecule has 1 N–H and O–H groups in total. The number of likely N-dealkylation sites (tertiary alicyclic amines) is 1. The number of ether oxygens (including phenoxy) is 1. The summed E-state index contributed by atoms with van der Waals surface area (Å²) in [4.78, 5) is 24.0. The largest absolute Gasteiger partial charge is 0.481 e. The molecule has 1 atom stereocenters. The molecule has 5 heteroatoms. The predicted molar refractivity (Wildman–Crippen MR) is 53.4 cm³/mol. The summed E-state index contributed by atoms with van der Waals surface area (Å²) in [5, 5.41) is 8.85. The van der Waals surface area contributed by atoms with E-state index in [9.17, 15) is 9.59 Å². The third-order valence-corrected chi connectivity index (χ3v) is 2.64. The summed E-state index contributed by atoms with van der Waals surface area (Å²) in [5.41, 5.74) is 0. The minimum absolute atomic E-state index is 0.0113. The quantitative estimate of drug-likeness (QED) is 0.734. The SMILES string of the molecule is COCCC(=O)N1CCC[C@@H](C(=O)O)C1. The Labute approximate surface area is 89.0 Å². The normalized spacial score (nSPS) is 21.4. The monoisotopic (exact) mass is 215 g/mol. The second-order valence-corrected chi connectivity index (χ2v) is 3.76. The maximum atomic E-state index is 11.6. The van der Waals surface area contributed by atoms with Crippen LogP contribution in [0.25, 0.3) is 0 Å². The fourth-order valence-electron chi connectivity index (χ4n) is 1.75. The molecule has 0 aliphatic carbocycles. The number of carboxylic acids is 1. The van der Waals surface area contributed by atoms with Crippen LogP contribution in [0.5, 0.6) is 0 Å². The maximum Gasteiger partial charge on any atom is 0.308 e. The fraction of sp³-hybridized carbons (Fsp3) is 0.800. The summed E-state index contributed by atoms with van der Waals surface area (Å²) in [7, 11) is 1.55.